The number of benzene rings is 1. The number of aryl methyl sites for hydroxylation is 2. The first-order valence-corrected chi connectivity index (χ1v) is 9.47. The third kappa shape index (κ3) is 3.28. The summed E-state index contributed by atoms with van der Waals surface area (Å²) < 4.78 is 12.6. The zero-order chi connectivity index (χ0) is 19.8. The highest BCUT2D eigenvalue weighted by atomic mass is 16.7. The van der Waals surface area contributed by atoms with Crippen LogP contribution < -0.4 is 14.8 Å². The molecule has 146 valence electrons. The molecule has 1 aliphatic heterocycles. The highest BCUT2D eigenvalue weighted by molar-refractivity contribution is 5.91. The van der Waals surface area contributed by atoms with Gasteiger partial charge in [-0.3, -0.25) is 4.79 Å². The number of fused-ring (bicyclic) bond motifs is 2. The maximum absolute atomic E-state index is 12.4. The predicted octanol–water partition coefficient (Wildman–Crippen LogP) is 3.93. The van der Waals surface area contributed by atoms with E-state index in [2.05, 4.69) is 31.2 Å². The van der Waals surface area contributed by atoms with Crippen LogP contribution in [0.25, 0.3) is 11.0 Å². The van der Waals surface area contributed by atoms with Gasteiger partial charge in [0.2, 0.25) is 12.7 Å². The molecule has 0 fully saturated rings. The molecule has 7 nitrogen and oxygen atoms in total. The molecule has 0 unspecified atom stereocenters. The Kier molecular flexibility index (Phi) is 4.66. The molecule has 1 amide bonds. The molecule has 0 saturated carbocycles. The fraction of sp³-hybridized carbons (Fsp3) is 0.381. The van der Waals surface area contributed by atoms with Gasteiger partial charge < -0.3 is 14.8 Å². The van der Waals surface area contributed by atoms with Crippen LogP contribution in [0.5, 0.6) is 11.5 Å². The third-order valence-electron chi connectivity index (χ3n) is 5.08. The molecule has 3 heterocycles. The molecule has 1 aromatic carbocycles. The number of rotatable bonds is 5. The Labute approximate surface area is 163 Å². The molecule has 0 atom stereocenters. The maximum atomic E-state index is 12.4. The number of aromatic nitrogens is 3. The molecule has 3 aromatic rings. The number of pyridine rings is 1. The number of hydrogen-bond acceptors (Lipinski definition) is 5. The number of carbonyl (C=O) groups excluding carboxylic acids is 1. The van der Waals surface area contributed by atoms with Gasteiger partial charge in [0.25, 0.3) is 0 Å². The summed E-state index contributed by atoms with van der Waals surface area (Å²) >= 11 is 0. The summed E-state index contributed by atoms with van der Waals surface area (Å²) in [7, 11) is 0. The van der Waals surface area contributed by atoms with Gasteiger partial charge in [0, 0.05) is 35.3 Å². The van der Waals surface area contributed by atoms with Crippen molar-refractivity contribution < 1.29 is 14.3 Å². The van der Waals surface area contributed by atoms with Gasteiger partial charge in [0.05, 0.1) is 6.20 Å². The van der Waals surface area contributed by atoms with Crippen LogP contribution in [0, 0.1) is 13.8 Å². The first kappa shape index (κ1) is 18.3. The lowest BCUT2D eigenvalue weighted by atomic mass is 10.0. The molecule has 4 rings (SSSR count). The van der Waals surface area contributed by atoms with E-state index in [1.165, 1.54) is 0 Å². The molecule has 1 N–H and O–H groups in total. The standard InChI is InChI=1S/C21H24N4O3/c1-12(2)25-21-17(10-22-25)13(3)16(14(4)23-21)6-8-20(26)24-15-5-7-18-19(9-15)28-11-27-18/h5,7,9-10,12H,6,8,11H2,1-4H3,(H,24,26). The van der Waals surface area contributed by atoms with Gasteiger partial charge in [-0.25, -0.2) is 9.67 Å². The van der Waals surface area contributed by atoms with Gasteiger partial charge in [0.15, 0.2) is 17.1 Å². The van der Waals surface area contributed by atoms with Crippen molar-refractivity contribution in [3.63, 3.8) is 0 Å². The summed E-state index contributed by atoms with van der Waals surface area (Å²) in [6.07, 6.45) is 2.87. The Morgan fingerprint density at radius 3 is 2.82 bits per heavy atom. The van der Waals surface area contributed by atoms with Gasteiger partial charge in [-0.15, -0.1) is 0 Å². The second kappa shape index (κ2) is 7.14. The number of ether oxygens (including phenoxy) is 2. The number of nitrogens with one attached hydrogen (secondary N) is 1. The molecule has 0 bridgehead atoms. The summed E-state index contributed by atoms with van der Waals surface area (Å²) in [5, 5.41) is 8.44. The largest absolute Gasteiger partial charge is 0.454 e. The Balaban J connectivity index is 1.48. The van der Waals surface area contributed by atoms with Crippen LogP contribution in [0.3, 0.4) is 0 Å². The SMILES string of the molecule is Cc1nc2c(cnn2C(C)C)c(C)c1CCC(=O)Nc1ccc2c(c1)OCO2. The van der Waals surface area contributed by atoms with Gasteiger partial charge in [-0.05, 0) is 57.4 Å². The topological polar surface area (TPSA) is 78.3 Å². The number of anilines is 1. The zero-order valence-electron chi connectivity index (χ0n) is 16.6. The molecular formula is C21H24N4O3. The molecule has 0 spiro atoms. The zero-order valence-corrected chi connectivity index (χ0v) is 16.6. The Bertz CT molecular complexity index is 1060. The summed E-state index contributed by atoms with van der Waals surface area (Å²) in [5.41, 5.74) is 4.80. The minimum Gasteiger partial charge on any atom is -0.454 e. The lowest BCUT2D eigenvalue weighted by Crippen LogP contribution is -2.13. The molecule has 0 aliphatic carbocycles. The lowest BCUT2D eigenvalue weighted by Gasteiger charge is -2.13. The smallest absolute Gasteiger partial charge is 0.231 e. The van der Waals surface area contributed by atoms with E-state index >= 15 is 0 Å². The fourth-order valence-electron chi connectivity index (χ4n) is 3.57. The van der Waals surface area contributed by atoms with Gasteiger partial charge >= 0.3 is 0 Å². The predicted molar refractivity (Wildman–Crippen MR) is 107 cm³/mol. The van der Waals surface area contributed by atoms with Crippen molar-refractivity contribution in [1.82, 2.24) is 14.8 Å². The summed E-state index contributed by atoms with van der Waals surface area (Å²) in [6.45, 7) is 8.47. The van der Waals surface area contributed by atoms with Crippen LogP contribution in [0.15, 0.2) is 24.4 Å². The first-order valence-electron chi connectivity index (χ1n) is 9.47. The normalized spacial score (nSPS) is 12.8. The minimum atomic E-state index is -0.0457. The second-order valence-electron chi connectivity index (χ2n) is 7.34. The van der Waals surface area contributed by atoms with Gasteiger partial charge in [-0.1, -0.05) is 0 Å². The highest BCUT2D eigenvalue weighted by Crippen LogP contribution is 2.34. The summed E-state index contributed by atoms with van der Waals surface area (Å²) in [5.74, 6) is 1.31. The van der Waals surface area contributed by atoms with Crippen molar-refractivity contribution >= 4 is 22.6 Å². The van der Waals surface area contributed by atoms with Crippen LogP contribution in [0.2, 0.25) is 0 Å². The second-order valence-corrected chi connectivity index (χ2v) is 7.34. The first-order chi connectivity index (χ1) is 13.4. The van der Waals surface area contributed by atoms with Crippen LogP contribution in [0.1, 0.15) is 43.1 Å². The number of nitrogens with zero attached hydrogens (tertiary/aromatic N) is 3. The van der Waals surface area contributed by atoms with Crippen LogP contribution >= 0.6 is 0 Å². The fourth-order valence-corrected chi connectivity index (χ4v) is 3.57. The van der Waals surface area contributed by atoms with Gasteiger partial charge in [-0.2, -0.15) is 5.10 Å². The van der Waals surface area contributed by atoms with Crippen molar-refractivity contribution in [1.29, 1.82) is 0 Å². The van der Waals surface area contributed by atoms with E-state index in [9.17, 15) is 4.79 Å². The highest BCUT2D eigenvalue weighted by Gasteiger charge is 2.17. The van der Waals surface area contributed by atoms with Crippen LogP contribution in [0.4, 0.5) is 5.69 Å². The Hall–Kier alpha value is -3.09. The number of carbonyl (C=O) groups is 1. The van der Waals surface area contributed by atoms with Crippen molar-refractivity contribution in [2.75, 3.05) is 12.1 Å². The molecule has 0 radical (unpaired) electrons. The number of amides is 1. The van der Waals surface area contributed by atoms with Crippen LogP contribution in [-0.2, 0) is 11.2 Å². The van der Waals surface area contributed by atoms with E-state index in [-0.39, 0.29) is 18.7 Å². The summed E-state index contributed by atoms with van der Waals surface area (Å²) in [6, 6.07) is 5.65. The molecule has 28 heavy (non-hydrogen) atoms. The Morgan fingerprint density at radius 1 is 1.25 bits per heavy atom. The lowest BCUT2D eigenvalue weighted by molar-refractivity contribution is -0.116. The van der Waals surface area contributed by atoms with E-state index in [1.54, 1.807) is 12.1 Å². The molecule has 1 aliphatic rings. The van der Waals surface area contributed by atoms with Crippen molar-refractivity contribution in [2.24, 2.45) is 0 Å². The third-order valence-corrected chi connectivity index (χ3v) is 5.08. The average Bonchev–Trinajstić information content (AvgIpc) is 3.27. The minimum absolute atomic E-state index is 0.0457. The summed E-state index contributed by atoms with van der Waals surface area (Å²) in [4.78, 5) is 17.2. The van der Waals surface area contributed by atoms with Gasteiger partial charge in [0.1, 0.15) is 0 Å². The average molecular weight is 380 g/mol. The van der Waals surface area contributed by atoms with Crippen molar-refractivity contribution in [2.45, 2.75) is 46.6 Å². The van der Waals surface area contributed by atoms with E-state index in [4.69, 9.17) is 14.5 Å². The van der Waals surface area contributed by atoms with E-state index in [0.29, 0.717) is 30.0 Å². The number of hydrogen-bond donors (Lipinski definition) is 1. The van der Waals surface area contributed by atoms with E-state index in [0.717, 1.165) is 27.9 Å². The van der Waals surface area contributed by atoms with Crippen LogP contribution in [-0.4, -0.2) is 27.5 Å². The molecule has 2 aromatic heterocycles. The van der Waals surface area contributed by atoms with Crippen molar-refractivity contribution in [3.8, 4) is 11.5 Å². The van der Waals surface area contributed by atoms with Crippen molar-refractivity contribution in [3.05, 3.63) is 41.2 Å². The quantitative estimate of drug-likeness (QED) is 0.726. The van der Waals surface area contributed by atoms with E-state index in [1.807, 2.05) is 23.9 Å². The molecule has 7 heteroatoms. The van der Waals surface area contributed by atoms with E-state index < -0.39 is 0 Å². The molecule has 0 saturated heterocycles. The molecular weight excluding hydrogens is 356 g/mol. The monoisotopic (exact) mass is 380 g/mol. The maximum Gasteiger partial charge on any atom is 0.231 e. The Morgan fingerprint density at radius 2 is 2.04 bits per heavy atom.